The fraction of sp³-hybridized carbons (Fsp3) is 0.720. The molecule has 0 spiro atoms. The third-order valence-electron chi connectivity index (χ3n) is 6.20. The van der Waals surface area contributed by atoms with Crippen molar-refractivity contribution in [1.82, 2.24) is 20.5 Å². The van der Waals surface area contributed by atoms with Crippen LogP contribution in [0.3, 0.4) is 0 Å². The number of hydrogen-bond donors (Lipinski definition) is 2. The van der Waals surface area contributed by atoms with Gasteiger partial charge in [-0.3, -0.25) is 4.79 Å². The van der Waals surface area contributed by atoms with E-state index in [0.29, 0.717) is 30.7 Å². The lowest BCUT2D eigenvalue weighted by atomic mass is 9.97. The third kappa shape index (κ3) is 8.74. The Morgan fingerprint density at radius 2 is 2.03 bits per heavy atom. The van der Waals surface area contributed by atoms with Gasteiger partial charge in [-0.15, -0.1) is 11.3 Å². The molecule has 0 saturated carbocycles. The van der Waals surface area contributed by atoms with Crippen LogP contribution in [0, 0.1) is 5.92 Å². The number of thiazole rings is 1. The van der Waals surface area contributed by atoms with Gasteiger partial charge >= 0.3 is 6.03 Å². The molecule has 2 heterocycles. The standard InChI is InChI=1S/C25H40N4O3S/c1-19(2)17-32-16-6-12-26-23(30)22-18-33-24(28-22)21-10-14-29(15-11-21)25(31)27-13-9-20-7-4-3-5-8-20/h7,18-19,21H,3-6,8-17H2,1-2H3,(H,26,30)(H,27,31). The molecule has 1 fully saturated rings. The Morgan fingerprint density at radius 1 is 1.21 bits per heavy atom. The summed E-state index contributed by atoms with van der Waals surface area (Å²) in [5.74, 6) is 0.724. The maximum Gasteiger partial charge on any atom is 0.317 e. The minimum atomic E-state index is -0.119. The van der Waals surface area contributed by atoms with Crippen molar-refractivity contribution in [3.8, 4) is 0 Å². The maximum atomic E-state index is 12.5. The van der Waals surface area contributed by atoms with E-state index < -0.39 is 0 Å². The largest absolute Gasteiger partial charge is 0.381 e. The summed E-state index contributed by atoms with van der Waals surface area (Å²) < 4.78 is 5.54. The molecule has 1 aliphatic heterocycles. The van der Waals surface area contributed by atoms with Gasteiger partial charge < -0.3 is 20.3 Å². The number of hydrogen-bond acceptors (Lipinski definition) is 5. The minimum absolute atomic E-state index is 0.0430. The number of piperidine rings is 1. The first kappa shape index (κ1) is 25.7. The van der Waals surface area contributed by atoms with Crippen molar-refractivity contribution in [3.05, 3.63) is 27.7 Å². The number of rotatable bonds is 11. The summed E-state index contributed by atoms with van der Waals surface area (Å²) in [5.41, 5.74) is 1.98. The number of carbonyl (C=O) groups is 2. The lowest BCUT2D eigenvalue weighted by Crippen LogP contribution is -2.44. The van der Waals surface area contributed by atoms with Crippen LogP contribution in [-0.4, -0.2) is 61.2 Å². The summed E-state index contributed by atoms with van der Waals surface area (Å²) in [6.45, 7) is 8.43. The molecule has 0 radical (unpaired) electrons. The van der Waals surface area contributed by atoms with E-state index in [9.17, 15) is 9.59 Å². The molecule has 1 aromatic heterocycles. The Labute approximate surface area is 202 Å². The van der Waals surface area contributed by atoms with Crippen LogP contribution in [0.15, 0.2) is 17.0 Å². The van der Waals surface area contributed by atoms with Gasteiger partial charge in [0.25, 0.3) is 5.91 Å². The van der Waals surface area contributed by atoms with Gasteiger partial charge in [0.1, 0.15) is 5.69 Å². The first-order valence-corrected chi connectivity index (χ1v) is 13.4. The van der Waals surface area contributed by atoms with Crippen LogP contribution in [0.2, 0.25) is 0 Å². The highest BCUT2D eigenvalue weighted by atomic mass is 32.1. The van der Waals surface area contributed by atoms with Crippen molar-refractivity contribution in [2.75, 3.05) is 39.4 Å². The predicted molar refractivity (Wildman–Crippen MR) is 133 cm³/mol. The molecule has 33 heavy (non-hydrogen) atoms. The zero-order valence-electron chi connectivity index (χ0n) is 20.2. The molecule has 1 aliphatic carbocycles. The van der Waals surface area contributed by atoms with Crippen LogP contribution < -0.4 is 10.6 Å². The fourth-order valence-electron chi connectivity index (χ4n) is 4.27. The zero-order chi connectivity index (χ0) is 23.5. The SMILES string of the molecule is CC(C)COCCCNC(=O)c1csc(C2CCN(C(=O)NCCC3=CCCCC3)CC2)n1. The van der Waals surface area contributed by atoms with Gasteiger partial charge in [0.05, 0.1) is 5.01 Å². The number of aromatic nitrogens is 1. The quantitative estimate of drug-likeness (QED) is 0.358. The molecule has 2 aliphatic rings. The molecule has 7 nitrogen and oxygen atoms in total. The molecule has 1 saturated heterocycles. The average Bonchev–Trinajstić information content (AvgIpc) is 3.32. The van der Waals surface area contributed by atoms with Gasteiger partial charge in [0, 0.05) is 50.7 Å². The van der Waals surface area contributed by atoms with Gasteiger partial charge in [-0.05, 0) is 57.3 Å². The third-order valence-corrected chi connectivity index (χ3v) is 7.20. The highest BCUT2D eigenvalue weighted by Crippen LogP contribution is 2.30. The molecule has 3 amide bonds. The number of nitrogens with zero attached hydrogens (tertiary/aromatic N) is 2. The lowest BCUT2D eigenvalue weighted by molar-refractivity contribution is 0.0921. The Morgan fingerprint density at radius 3 is 2.76 bits per heavy atom. The van der Waals surface area contributed by atoms with Crippen LogP contribution in [0.4, 0.5) is 4.79 Å². The highest BCUT2D eigenvalue weighted by molar-refractivity contribution is 7.09. The molecule has 0 aromatic carbocycles. The van der Waals surface area contributed by atoms with Gasteiger partial charge in [-0.1, -0.05) is 25.5 Å². The summed E-state index contributed by atoms with van der Waals surface area (Å²) in [7, 11) is 0. The number of carbonyl (C=O) groups excluding carboxylic acids is 2. The van der Waals surface area contributed by atoms with E-state index >= 15 is 0 Å². The predicted octanol–water partition coefficient (Wildman–Crippen LogP) is 4.72. The van der Waals surface area contributed by atoms with Crippen molar-refractivity contribution in [2.24, 2.45) is 5.92 Å². The van der Waals surface area contributed by atoms with Gasteiger partial charge in [-0.25, -0.2) is 9.78 Å². The number of ether oxygens (including phenoxy) is 1. The Bertz CT molecular complexity index is 784. The first-order valence-electron chi connectivity index (χ1n) is 12.5. The van der Waals surface area contributed by atoms with Crippen molar-refractivity contribution < 1.29 is 14.3 Å². The molecule has 8 heteroatoms. The number of urea groups is 1. The Kier molecular flexibility index (Phi) is 10.7. The summed E-state index contributed by atoms with van der Waals surface area (Å²) in [4.78, 5) is 31.4. The molecule has 1 aromatic rings. The Balaban J connectivity index is 1.33. The Hall–Kier alpha value is -1.93. The van der Waals surface area contributed by atoms with E-state index in [1.54, 1.807) is 11.3 Å². The summed E-state index contributed by atoms with van der Waals surface area (Å²) in [6.07, 6.45) is 10.8. The minimum Gasteiger partial charge on any atom is -0.381 e. The van der Waals surface area contributed by atoms with E-state index in [2.05, 4.69) is 35.5 Å². The van der Waals surface area contributed by atoms with Crippen molar-refractivity contribution >= 4 is 23.3 Å². The van der Waals surface area contributed by atoms with E-state index in [1.165, 1.54) is 31.3 Å². The second-order valence-electron chi connectivity index (χ2n) is 9.50. The zero-order valence-corrected chi connectivity index (χ0v) is 21.1. The summed E-state index contributed by atoms with van der Waals surface area (Å²) in [6, 6.07) is 0.0430. The maximum absolute atomic E-state index is 12.5. The molecule has 184 valence electrons. The van der Waals surface area contributed by atoms with E-state index in [-0.39, 0.29) is 11.9 Å². The van der Waals surface area contributed by atoms with Crippen LogP contribution in [0.25, 0.3) is 0 Å². The highest BCUT2D eigenvalue weighted by Gasteiger charge is 2.26. The first-order chi connectivity index (χ1) is 16.0. The summed E-state index contributed by atoms with van der Waals surface area (Å²) >= 11 is 1.55. The normalized spacial score (nSPS) is 17.2. The number of nitrogens with one attached hydrogen (secondary N) is 2. The van der Waals surface area contributed by atoms with Crippen LogP contribution in [0.1, 0.15) is 86.6 Å². The second-order valence-corrected chi connectivity index (χ2v) is 10.4. The number of allylic oxidation sites excluding steroid dienone is 1. The summed E-state index contributed by atoms with van der Waals surface area (Å²) in [5, 5.41) is 8.86. The molecule has 3 rings (SSSR count). The second kappa shape index (κ2) is 13.7. The van der Waals surface area contributed by atoms with Gasteiger partial charge in [0.15, 0.2) is 0 Å². The smallest absolute Gasteiger partial charge is 0.317 e. The molecular weight excluding hydrogens is 436 g/mol. The fourth-order valence-corrected chi connectivity index (χ4v) is 5.24. The van der Waals surface area contributed by atoms with Crippen molar-refractivity contribution in [3.63, 3.8) is 0 Å². The van der Waals surface area contributed by atoms with Crippen molar-refractivity contribution in [2.45, 2.75) is 71.1 Å². The topological polar surface area (TPSA) is 83.6 Å². The molecule has 0 unspecified atom stereocenters. The molecule has 0 bridgehead atoms. The molecular formula is C25H40N4O3S. The lowest BCUT2D eigenvalue weighted by Gasteiger charge is -2.31. The monoisotopic (exact) mass is 476 g/mol. The van der Waals surface area contributed by atoms with Crippen LogP contribution in [-0.2, 0) is 4.74 Å². The average molecular weight is 477 g/mol. The number of amides is 3. The molecule has 0 atom stereocenters. The van der Waals surface area contributed by atoms with Gasteiger partial charge in [0.2, 0.25) is 0 Å². The van der Waals surface area contributed by atoms with E-state index in [0.717, 1.165) is 56.9 Å². The van der Waals surface area contributed by atoms with Crippen LogP contribution in [0.5, 0.6) is 0 Å². The van der Waals surface area contributed by atoms with E-state index in [1.807, 2.05) is 10.3 Å². The van der Waals surface area contributed by atoms with E-state index in [4.69, 9.17) is 4.74 Å². The molecule has 2 N–H and O–H groups in total. The number of likely N-dealkylation sites (tertiary alicyclic amines) is 1. The van der Waals surface area contributed by atoms with Gasteiger partial charge in [-0.2, -0.15) is 0 Å². The van der Waals surface area contributed by atoms with Crippen molar-refractivity contribution in [1.29, 1.82) is 0 Å². The van der Waals surface area contributed by atoms with Crippen LogP contribution >= 0.6 is 11.3 Å².